The standard InChI is InChI=1S/C12H10Cl2N/c13-11-6-4-10(5-7-11)9-15-8-2-1-3-12(15)14/h1-8H,9H2/q+1. The molecular formula is C12H10Cl2N+. The van der Waals surface area contributed by atoms with Crippen molar-refractivity contribution in [1.29, 1.82) is 0 Å². The second-order valence-electron chi connectivity index (χ2n) is 3.28. The van der Waals surface area contributed by atoms with Gasteiger partial charge in [-0.3, -0.25) is 0 Å². The lowest BCUT2D eigenvalue weighted by atomic mass is 10.2. The van der Waals surface area contributed by atoms with Crippen molar-refractivity contribution in [3.63, 3.8) is 0 Å². The van der Waals surface area contributed by atoms with Gasteiger partial charge in [-0.25, -0.2) is 0 Å². The number of aromatic nitrogens is 1. The number of nitrogens with zero attached hydrogens (tertiary/aromatic N) is 1. The van der Waals surface area contributed by atoms with E-state index in [1.165, 1.54) is 5.56 Å². The average Bonchev–Trinajstić information content (AvgIpc) is 2.25. The Hall–Kier alpha value is -1.05. The summed E-state index contributed by atoms with van der Waals surface area (Å²) in [6, 6.07) is 13.5. The molecule has 0 fully saturated rings. The van der Waals surface area contributed by atoms with E-state index in [2.05, 4.69) is 0 Å². The summed E-state index contributed by atoms with van der Waals surface area (Å²) in [5.41, 5.74) is 1.18. The van der Waals surface area contributed by atoms with E-state index < -0.39 is 0 Å². The Morgan fingerprint density at radius 2 is 1.67 bits per heavy atom. The fourth-order valence-electron chi connectivity index (χ4n) is 1.37. The van der Waals surface area contributed by atoms with Gasteiger partial charge in [-0.1, -0.05) is 23.7 Å². The van der Waals surface area contributed by atoms with Gasteiger partial charge in [-0.05, 0) is 29.8 Å². The fraction of sp³-hybridized carbons (Fsp3) is 0.0833. The van der Waals surface area contributed by atoms with E-state index in [1.807, 2.05) is 53.2 Å². The molecule has 0 aliphatic carbocycles. The van der Waals surface area contributed by atoms with Gasteiger partial charge in [0.1, 0.15) is 0 Å². The van der Waals surface area contributed by atoms with Gasteiger partial charge in [-0.2, -0.15) is 4.57 Å². The van der Waals surface area contributed by atoms with E-state index in [1.54, 1.807) is 0 Å². The van der Waals surface area contributed by atoms with E-state index in [-0.39, 0.29) is 0 Å². The number of rotatable bonds is 2. The van der Waals surface area contributed by atoms with Crippen LogP contribution in [0.4, 0.5) is 0 Å². The second-order valence-corrected chi connectivity index (χ2v) is 4.10. The number of benzene rings is 1. The maximum absolute atomic E-state index is 6.04. The molecule has 2 aromatic rings. The van der Waals surface area contributed by atoms with E-state index in [9.17, 15) is 0 Å². The highest BCUT2D eigenvalue weighted by molar-refractivity contribution is 6.30. The number of halogens is 2. The topological polar surface area (TPSA) is 3.88 Å². The van der Waals surface area contributed by atoms with E-state index in [0.717, 1.165) is 16.7 Å². The molecule has 0 aliphatic rings. The Morgan fingerprint density at radius 1 is 0.933 bits per heavy atom. The fourth-order valence-corrected chi connectivity index (χ4v) is 1.69. The minimum absolute atomic E-state index is 0.729. The van der Waals surface area contributed by atoms with Crippen LogP contribution in [0.5, 0.6) is 0 Å². The predicted molar refractivity (Wildman–Crippen MR) is 62.2 cm³/mol. The zero-order valence-corrected chi connectivity index (χ0v) is 9.54. The molecule has 1 aromatic carbocycles. The van der Waals surface area contributed by atoms with Gasteiger partial charge >= 0.3 is 0 Å². The van der Waals surface area contributed by atoms with Gasteiger partial charge in [0.05, 0.1) is 0 Å². The van der Waals surface area contributed by atoms with Crippen molar-refractivity contribution in [2.24, 2.45) is 0 Å². The van der Waals surface area contributed by atoms with Crippen molar-refractivity contribution in [3.05, 3.63) is 64.4 Å². The maximum atomic E-state index is 6.04. The summed E-state index contributed by atoms with van der Waals surface area (Å²) in [6.07, 6.45) is 1.96. The molecule has 0 spiro atoms. The first kappa shape index (κ1) is 10.5. The molecule has 0 unspecified atom stereocenters. The molecule has 1 aromatic heterocycles. The average molecular weight is 239 g/mol. The summed E-state index contributed by atoms with van der Waals surface area (Å²) < 4.78 is 1.98. The Bertz CT molecular complexity index is 451. The van der Waals surface area contributed by atoms with E-state index in [0.29, 0.717) is 0 Å². The van der Waals surface area contributed by atoms with Crippen LogP contribution in [0.3, 0.4) is 0 Å². The molecule has 0 radical (unpaired) electrons. The minimum Gasteiger partial charge on any atom is -0.184 e. The van der Waals surface area contributed by atoms with Crippen molar-refractivity contribution >= 4 is 23.2 Å². The minimum atomic E-state index is 0.729. The molecule has 0 saturated heterocycles. The third-order valence-electron chi connectivity index (χ3n) is 2.15. The van der Waals surface area contributed by atoms with Gasteiger partial charge in [0, 0.05) is 22.7 Å². The molecule has 1 heterocycles. The highest BCUT2D eigenvalue weighted by Gasteiger charge is 2.06. The molecule has 76 valence electrons. The number of pyridine rings is 1. The summed E-state index contributed by atoms with van der Waals surface area (Å²) in [5.74, 6) is 0. The molecule has 0 amide bonds. The molecule has 0 saturated carbocycles. The largest absolute Gasteiger partial charge is 0.275 e. The van der Waals surface area contributed by atoms with Gasteiger partial charge < -0.3 is 0 Å². The van der Waals surface area contributed by atoms with Crippen molar-refractivity contribution in [2.75, 3.05) is 0 Å². The molecule has 0 aliphatic heterocycles. The van der Waals surface area contributed by atoms with Crippen LogP contribution >= 0.6 is 23.2 Å². The van der Waals surface area contributed by atoms with Gasteiger partial charge in [0.25, 0.3) is 5.15 Å². The van der Waals surface area contributed by atoms with Crippen LogP contribution in [-0.4, -0.2) is 0 Å². The highest BCUT2D eigenvalue weighted by Crippen LogP contribution is 2.09. The third-order valence-corrected chi connectivity index (χ3v) is 2.75. The van der Waals surface area contributed by atoms with Crippen LogP contribution < -0.4 is 4.57 Å². The summed E-state index contributed by atoms with van der Waals surface area (Å²) in [5, 5.41) is 1.48. The highest BCUT2D eigenvalue weighted by atomic mass is 35.5. The lowest BCUT2D eigenvalue weighted by Crippen LogP contribution is -2.34. The van der Waals surface area contributed by atoms with Crippen molar-refractivity contribution in [1.82, 2.24) is 0 Å². The zero-order chi connectivity index (χ0) is 10.7. The maximum Gasteiger partial charge on any atom is 0.275 e. The third kappa shape index (κ3) is 2.71. The summed E-state index contributed by atoms with van der Waals surface area (Å²) >= 11 is 11.9. The van der Waals surface area contributed by atoms with E-state index >= 15 is 0 Å². The van der Waals surface area contributed by atoms with Gasteiger partial charge in [-0.15, -0.1) is 0 Å². The Balaban J connectivity index is 2.22. The molecule has 0 atom stereocenters. The SMILES string of the molecule is Clc1ccc(C[n+]2ccccc2Cl)cc1. The quantitative estimate of drug-likeness (QED) is 0.559. The zero-order valence-electron chi connectivity index (χ0n) is 8.03. The van der Waals surface area contributed by atoms with Crippen LogP contribution in [0.15, 0.2) is 48.7 Å². The van der Waals surface area contributed by atoms with Crippen LogP contribution in [0.25, 0.3) is 0 Å². The van der Waals surface area contributed by atoms with Crippen LogP contribution in [0.1, 0.15) is 5.56 Å². The molecule has 0 N–H and O–H groups in total. The lowest BCUT2D eigenvalue weighted by Gasteiger charge is -1.99. The monoisotopic (exact) mass is 238 g/mol. The van der Waals surface area contributed by atoms with Crippen molar-refractivity contribution in [2.45, 2.75) is 6.54 Å². The van der Waals surface area contributed by atoms with Crippen LogP contribution in [0.2, 0.25) is 10.2 Å². The number of hydrogen-bond acceptors (Lipinski definition) is 0. The van der Waals surface area contributed by atoms with Gasteiger partial charge in [0.15, 0.2) is 12.7 Å². The molecule has 2 rings (SSSR count). The lowest BCUT2D eigenvalue weighted by molar-refractivity contribution is -0.686. The van der Waals surface area contributed by atoms with E-state index in [4.69, 9.17) is 23.2 Å². The first-order valence-corrected chi connectivity index (χ1v) is 5.40. The second kappa shape index (κ2) is 4.65. The predicted octanol–water partition coefficient (Wildman–Crippen LogP) is 3.33. The molecule has 0 bridgehead atoms. The molecular weight excluding hydrogens is 229 g/mol. The summed E-state index contributed by atoms with van der Waals surface area (Å²) in [4.78, 5) is 0. The summed E-state index contributed by atoms with van der Waals surface area (Å²) in [6.45, 7) is 0.761. The Morgan fingerprint density at radius 3 is 2.33 bits per heavy atom. The normalized spacial score (nSPS) is 10.3. The first-order valence-electron chi connectivity index (χ1n) is 4.64. The van der Waals surface area contributed by atoms with Crippen LogP contribution in [0, 0.1) is 0 Å². The Labute approximate surface area is 98.9 Å². The molecule has 3 heteroatoms. The molecule has 15 heavy (non-hydrogen) atoms. The van der Waals surface area contributed by atoms with Crippen molar-refractivity contribution in [3.8, 4) is 0 Å². The summed E-state index contributed by atoms with van der Waals surface area (Å²) in [7, 11) is 0. The van der Waals surface area contributed by atoms with Crippen LogP contribution in [-0.2, 0) is 6.54 Å². The molecule has 1 nitrogen and oxygen atoms in total. The Kier molecular flexibility index (Phi) is 3.24. The van der Waals surface area contributed by atoms with Crippen molar-refractivity contribution < 1.29 is 4.57 Å². The smallest absolute Gasteiger partial charge is 0.184 e. The van der Waals surface area contributed by atoms with Gasteiger partial charge in [0.2, 0.25) is 0 Å². The number of hydrogen-bond donors (Lipinski definition) is 0. The first-order chi connectivity index (χ1) is 7.25.